The zero-order valence-corrected chi connectivity index (χ0v) is 11.0. The molecule has 20 heavy (non-hydrogen) atoms. The van der Waals surface area contributed by atoms with Gasteiger partial charge in [0.25, 0.3) is 0 Å². The highest BCUT2D eigenvalue weighted by Crippen LogP contribution is 2.32. The first-order valence-electron chi connectivity index (χ1n) is 6.33. The standard InChI is InChI=1S/C13H15F3N2O2/c1-2-18-5-6-20-11(8-18)12(19)9-7-17-4-3-10(9)13(14,15)16/h3-4,7,11H,2,5-6,8H2,1H3. The number of hydrogen-bond donors (Lipinski definition) is 0. The van der Waals surface area contributed by atoms with E-state index in [-0.39, 0.29) is 0 Å². The lowest BCUT2D eigenvalue weighted by Crippen LogP contribution is -2.46. The molecule has 1 aromatic heterocycles. The summed E-state index contributed by atoms with van der Waals surface area (Å²) >= 11 is 0. The first-order chi connectivity index (χ1) is 9.43. The lowest BCUT2D eigenvalue weighted by atomic mass is 10.0. The lowest BCUT2D eigenvalue weighted by molar-refractivity contribution is -0.138. The van der Waals surface area contributed by atoms with Crippen molar-refractivity contribution in [2.75, 3.05) is 26.2 Å². The van der Waals surface area contributed by atoms with Gasteiger partial charge in [0.05, 0.1) is 17.7 Å². The van der Waals surface area contributed by atoms with E-state index in [9.17, 15) is 18.0 Å². The van der Waals surface area contributed by atoms with Gasteiger partial charge >= 0.3 is 6.18 Å². The number of Topliss-reactive ketones (excluding diaryl/α,β-unsaturated/α-hetero) is 1. The molecule has 0 N–H and O–H groups in total. The van der Waals surface area contributed by atoms with Crippen molar-refractivity contribution in [1.29, 1.82) is 0 Å². The Morgan fingerprint density at radius 2 is 2.30 bits per heavy atom. The first-order valence-corrected chi connectivity index (χ1v) is 6.33. The Balaban J connectivity index is 2.25. The normalized spacial score (nSPS) is 20.9. The summed E-state index contributed by atoms with van der Waals surface area (Å²) in [5.74, 6) is -0.663. The summed E-state index contributed by atoms with van der Waals surface area (Å²) in [7, 11) is 0. The summed E-state index contributed by atoms with van der Waals surface area (Å²) in [4.78, 5) is 17.8. The van der Waals surface area contributed by atoms with Gasteiger partial charge in [0, 0.05) is 25.5 Å². The number of ether oxygens (including phenoxy) is 1. The van der Waals surface area contributed by atoms with Gasteiger partial charge in [-0.15, -0.1) is 0 Å². The average Bonchev–Trinajstić information content (AvgIpc) is 2.45. The second-order valence-electron chi connectivity index (χ2n) is 4.54. The van der Waals surface area contributed by atoms with E-state index in [1.807, 2.05) is 11.8 Å². The second kappa shape index (κ2) is 5.88. The van der Waals surface area contributed by atoms with Crippen LogP contribution in [0, 0.1) is 0 Å². The largest absolute Gasteiger partial charge is 0.417 e. The molecule has 1 aromatic rings. The van der Waals surface area contributed by atoms with Crippen LogP contribution in [0.25, 0.3) is 0 Å². The monoisotopic (exact) mass is 288 g/mol. The molecule has 1 unspecified atom stereocenters. The number of ketones is 1. The van der Waals surface area contributed by atoms with Crippen LogP contribution in [-0.2, 0) is 10.9 Å². The molecule has 1 atom stereocenters. The molecule has 1 saturated heterocycles. The molecule has 1 fully saturated rings. The van der Waals surface area contributed by atoms with Crippen LogP contribution in [0.15, 0.2) is 18.5 Å². The zero-order valence-electron chi connectivity index (χ0n) is 11.0. The molecule has 1 aliphatic rings. The van der Waals surface area contributed by atoms with Gasteiger partial charge in [-0.3, -0.25) is 14.7 Å². The maximum absolute atomic E-state index is 12.9. The van der Waals surface area contributed by atoms with Crippen molar-refractivity contribution in [1.82, 2.24) is 9.88 Å². The number of nitrogens with zero attached hydrogens (tertiary/aromatic N) is 2. The van der Waals surface area contributed by atoms with Crippen LogP contribution < -0.4 is 0 Å². The van der Waals surface area contributed by atoms with Crippen molar-refractivity contribution in [3.8, 4) is 0 Å². The molecule has 0 radical (unpaired) electrons. The third-order valence-electron chi connectivity index (χ3n) is 3.28. The number of likely N-dealkylation sites (N-methyl/N-ethyl adjacent to an activating group) is 1. The SMILES string of the molecule is CCN1CCOC(C(=O)c2cnccc2C(F)(F)F)C1. The average molecular weight is 288 g/mol. The molecule has 0 spiro atoms. The highest BCUT2D eigenvalue weighted by atomic mass is 19.4. The van der Waals surface area contributed by atoms with Crippen LogP contribution in [0.5, 0.6) is 0 Å². The number of carbonyl (C=O) groups excluding carboxylic acids is 1. The molecule has 0 bridgehead atoms. The number of halogens is 3. The van der Waals surface area contributed by atoms with Crippen molar-refractivity contribution in [2.45, 2.75) is 19.2 Å². The van der Waals surface area contributed by atoms with Crippen molar-refractivity contribution in [3.63, 3.8) is 0 Å². The molecule has 2 rings (SSSR count). The second-order valence-corrected chi connectivity index (χ2v) is 4.54. The van der Waals surface area contributed by atoms with Crippen LogP contribution >= 0.6 is 0 Å². The molecule has 4 nitrogen and oxygen atoms in total. The number of carbonyl (C=O) groups is 1. The van der Waals surface area contributed by atoms with E-state index < -0.39 is 29.2 Å². The number of rotatable bonds is 3. The number of hydrogen-bond acceptors (Lipinski definition) is 4. The van der Waals surface area contributed by atoms with E-state index >= 15 is 0 Å². The smallest absolute Gasteiger partial charge is 0.367 e. The van der Waals surface area contributed by atoms with Crippen molar-refractivity contribution >= 4 is 5.78 Å². The minimum absolute atomic E-state index is 0.307. The summed E-state index contributed by atoms with van der Waals surface area (Å²) in [6, 6.07) is 0.813. The number of alkyl halides is 3. The van der Waals surface area contributed by atoms with Gasteiger partial charge in [-0.2, -0.15) is 13.2 Å². The topological polar surface area (TPSA) is 42.4 Å². The van der Waals surface area contributed by atoms with Crippen molar-refractivity contribution in [3.05, 3.63) is 29.6 Å². The molecule has 110 valence electrons. The van der Waals surface area contributed by atoms with Gasteiger partial charge in [0.15, 0.2) is 5.78 Å². The minimum atomic E-state index is -4.58. The van der Waals surface area contributed by atoms with Gasteiger partial charge in [-0.25, -0.2) is 0 Å². The molecule has 0 aliphatic carbocycles. The first kappa shape index (κ1) is 14.9. The summed E-state index contributed by atoms with van der Waals surface area (Å²) in [6.45, 7) is 3.98. The summed E-state index contributed by atoms with van der Waals surface area (Å²) in [6.07, 6.45) is -3.46. The Morgan fingerprint density at radius 1 is 1.55 bits per heavy atom. The number of morpholine rings is 1. The van der Waals surface area contributed by atoms with E-state index in [0.717, 1.165) is 25.0 Å². The number of aromatic nitrogens is 1. The van der Waals surface area contributed by atoms with Crippen LogP contribution in [0.4, 0.5) is 13.2 Å². The summed E-state index contributed by atoms with van der Waals surface area (Å²) in [5.41, 5.74) is -1.39. The maximum atomic E-state index is 12.9. The lowest BCUT2D eigenvalue weighted by Gasteiger charge is -2.31. The van der Waals surface area contributed by atoms with Gasteiger partial charge < -0.3 is 4.74 Å². The Morgan fingerprint density at radius 3 is 2.95 bits per heavy atom. The predicted molar refractivity (Wildman–Crippen MR) is 65.4 cm³/mol. The minimum Gasteiger partial charge on any atom is -0.367 e. The third kappa shape index (κ3) is 3.16. The van der Waals surface area contributed by atoms with Crippen LogP contribution in [0.3, 0.4) is 0 Å². The third-order valence-corrected chi connectivity index (χ3v) is 3.28. The Hall–Kier alpha value is -1.47. The summed E-state index contributed by atoms with van der Waals surface area (Å²) in [5, 5.41) is 0. The van der Waals surface area contributed by atoms with E-state index in [2.05, 4.69) is 4.98 Å². The Kier molecular flexibility index (Phi) is 4.39. The van der Waals surface area contributed by atoms with E-state index in [1.54, 1.807) is 0 Å². The highest BCUT2D eigenvalue weighted by molar-refractivity contribution is 6.00. The fourth-order valence-corrected chi connectivity index (χ4v) is 2.16. The van der Waals surface area contributed by atoms with Gasteiger partial charge in [0.2, 0.25) is 0 Å². The molecule has 0 amide bonds. The maximum Gasteiger partial charge on any atom is 0.417 e. The van der Waals surface area contributed by atoms with E-state index in [4.69, 9.17) is 4.74 Å². The molecule has 1 aliphatic heterocycles. The molecular weight excluding hydrogens is 273 g/mol. The van der Waals surface area contributed by atoms with E-state index in [0.29, 0.717) is 19.7 Å². The Bertz CT molecular complexity index is 491. The zero-order chi connectivity index (χ0) is 14.8. The van der Waals surface area contributed by atoms with Crippen LogP contribution in [0.2, 0.25) is 0 Å². The predicted octanol–water partition coefficient (Wildman–Crippen LogP) is 2.00. The van der Waals surface area contributed by atoms with Gasteiger partial charge in [0.1, 0.15) is 6.10 Å². The molecule has 0 saturated carbocycles. The fraction of sp³-hybridized carbons (Fsp3) is 0.538. The Labute approximate surface area is 114 Å². The molecule has 0 aromatic carbocycles. The van der Waals surface area contributed by atoms with Crippen molar-refractivity contribution < 1.29 is 22.7 Å². The van der Waals surface area contributed by atoms with Gasteiger partial charge in [-0.05, 0) is 12.6 Å². The summed E-state index contributed by atoms with van der Waals surface area (Å²) < 4.78 is 44.0. The molecule has 2 heterocycles. The fourth-order valence-electron chi connectivity index (χ4n) is 2.16. The van der Waals surface area contributed by atoms with Crippen molar-refractivity contribution in [2.24, 2.45) is 0 Å². The van der Waals surface area contributed by atoms with Crippen LogP contribution in [-0.4, -0.2) is 48.0 Å². The molecular formula is C13H15F3N2O2. The number of pyridine rings is 1. The quantitative estimate of drug-likeness (QED) is 0.798. The molecule has 7 heteroatoms. The van der Waals surface area contributed by atoms with E-state index in [1.165, 1.54) is 0 Å². The van der Waals surface area contributed by atoms with Gasteiger partial charge in [-0.1, -0.05) is 6.92 Å². The highest BCUT2D eigenvalue weighted by Gasteiger charge is 2.37. The van der Waals surface area contributed by atoms with Crippen LogP contribution in [0.1, 0.15) is 22.8 Å².